The van der Waals surface area contributed by atoms with Crippen LogP contribution < -0.4 is 15.4 Å². The summed E-state index contributed by atoms with van der Waals surface area (Å²) in [6.45, 7) is 3.81. The number of aromatic nitrogens is 3. The van der Waals surface area contributed by atoms with Crippen LogP contribution >= 0.6 is 0 Å². The van der Waals surface area contributed by atoms with Crippen LogP contribution in [0.3, 0.4) is 0 Å². The SMILES string of the molecule is Cc1ccc(Oc2ccc(Nc3ncnc4ccc(NC(=O)C#CCCO)cc34)cc2C)cn1. The molecule has 0 radical (unpaired) electrons. The van der Waals surface area contributed by atoms with Crippen molar-refractivity contribution in [3.05, 3.63) is 72.3 Å². The summed E-state index contributed by atoms with van der Waals surface area (Å²) in [5, 5.41) is 15.6. The zero-order valence-electron chi connectivity index (χ0n) is 18.8. The number of pyridine rings is 1. The highest BCUT2D eigenvalue weighted by Gasteiger charge is 2.09. The minimum atomic E-state index is -0.450. The summed E-state index contributed by atoms with van der Waals surface area (Å²) in [4.78, 5) is 24.9. The first-order valence-corrected chi connectivity index (χ1v) is 10.7. The molecule has 0 spiro atoms. The minimum absolute atomic E-state index is 0.0850. The highest BCUT2D eigenvalue weighted by Crippen LogP contribution is 2.30. The number of hydrogen-bond donors (Lipinski definition) is 3. The third-order valence-corrected chi connectivity index (χ3v) is 4.88. The number of hydrogen-bond acceptors (Lipinski definition) is 7. The molecule has 0 fully saturated rings. The molecule has 0 aliphatic heterocycles. The summed E-state index contributed by atoms with van der Waals surface area (Å²) in [6, 6.07) is 14.9. The predicted octanol–water partition coefficient (Wildman–Crippen LogP) is 4.50. The molecule has 2 heterocycles. The Balaban J connectivity index is 1.54. The molecule has 3 N–H and O–H groups in total. The van der Waals surface area contributed by atoms with Crippen LogP contribution in [0.25, 0.3) is 10.9 Å². The molecule has 0 aliphatic rings. The fraction of sp³-hybridized carbons (Fsp3) is 0.154. The van der Waals surface area contributed by atoms with Crippen molar-refractivity contribution in [1.82, 2.24) is 15.0 Å². The van der Waals surface area contributed by atoms with Gasteiger partial charge in [-0.05, 0) is 73.9 Å². The number of nitrogens with zero attached hydrogens (tertiary/aromatic N) is 3. The third kappa shape index (κ3) is 5.65. The Morgan fingerprint density at radius 1 is 1.03 bits per heavy atom. The number of carbonyl (C=O) groups excluding carboxylic acids is 1. The van der Waals surface area contributed by atoms with Gasteiger partial charge in [-0.25, -0.2) is 9.97 Å². The first kappa shape index (κ1) is 22.7. The molecule has 1 amide bonds. The molecule has 170 valence electrons. The first-order chi connectivity index (χ1) is 16.5. The lowest BCUT2D eigenvalue weighted by atomic mass is 10.1. The van der Waals surface area contributed by atoms with Crippen LogP contribution in [-0.2, 0) is 4.79 Å². The Morgan fingerprint density at radius 3 is 2.65 bits per heavy atom. The third-order valence-electron chi connectivity index (χ3n) is 4.88. The molecule has 0 saturated heterocycles. The highest BCUT2D eigenvalue weighted by atomic mass is 16.5. The topological polar surface area (TPSA) is 109 Å². The quantitative estimate of drug-likeness (QED) is 0.369. The molecule has 4 rings (SSSR count). The van der Waals surface area contributed by atoms with Gasteiger partial charge < -0.3 is 20.5 Å². The zero-order valence-corrected chi connectivity index (χ0v) is 18.8. The summed E-state index contributed by atoms with van der Waals surface area (Å²) >= 11 is 0. The van der Waals surface area contributed by atoms with E-state index in [-0.39, 0.29) is 13.0 Å². The van der Waals surface area contributed by atoms with Crippen LogP contribution in [0.5, 0.6) is 11.5 Å². The van der Waals surface area contributed by atoms with Crippen molar-refractivity contribution < 1.29 is 14.6 Å². The number of amides is 1. The second-order valence-corrected chi connectivity index (χ2v) is 7.53. The summed E-state index contributed by atoms with van der Waals surface area (Å²) < 4.78 is 5.95. The Hall–Kier alpha value is -4.48. The lowest BCUT2D eigenvalue weighted by molar-refractivity contribution is -0.111. The number of aliphatic hydroxyl groups excluding tert-OH is 1. The van der Waals surface area contributed by atoms with Gasteiger partial charge in [-0.2, -0.15) is 0 Å². The molecular weight excluding hydrogens is 430 g/mol. The Kier molecular flexibility index (Phi) is 6.96. The van der Waals surface area contributed by atoms with Crippen LogP contribution in [0.2, 0.25) is 0 Å². The minimum Gasteiger partial charge on any atom is -0.455 e. The summed E-state index contributed by atoms with van der Waals surface area (Å²) in [5.74, 6) is 6.60. The summed E-state index contributed by atoms with van der Waals surface area (Å²) in [5.41, 5.74) is 4.00. The fourth-order valence-corrected chi connectivity index (χ4v) is 3.21. The van der Waals surface area contributed by atoms with E-state index in [1.54, 1.807) is 24.4 Å². The van der Waals surface area contributed by atoms with E-state index in [2.05, 4.69) is 37.4 Å². The van der Waals surface area contributed by atoms with Crippen LogP contribution in [0, 0.1) is 25.7 Å². The van der Waals surface area contributed by atoms with Crippen LogP contribution in [0.4, 0.5) is 17.2 Å². The van der Waals surface area contributed by atoms with E-state index in [9.17, 15) is 4.79 Å². The van der Waals surface area contributed by atoms with Crippen molar-refractivity contribution in [2.45, 2.75) is 20.3 Å². The number of fused-ring (bicyclic) bond motifs is 1. The van der Waals surface area contributed by atoms with Gasteiger partial charge in [0.2, 0.25) is 0 Å². The number of benzene rings is 2. The van der Waals surface area contributed by atoms with Crippen LogP contribution in [-0.4, -0.2) is 32.6 Å². The van der Waals surface area contributed by atoms with E-state index in [1.807, 2.05) is 44.2 Å². The van der Waals surface area contributed by atoms with Gasteiger partial charge in [0.25, 0.3) is 5.91 Å². The van der Waals surface area contributed by atoms with Gasteiger partial charge >= 0.3 is 0 Å². The second kappa shape index (κ2) is 10.4. The number of aliphatic hydroxyl groups is 1. The summed E-state index contributed by atoms with van der Waals surface area (Å²) in [6.07, 6.45) is 3.43. The van der Waals surface area contributed by atoms with Gasteiger partial charge in [0.15, 0.2) is 0 Å². The maximum Gasteiger partial charge on any atom is 0.300 e. The molecule has 0 aliphatic carbocycles. The molecule has 0 atom stereocenters. The molecule has 0 bridgehead atoms. The number of ether oxygens (including phenoxy) is 1. The molecule has 34 heavy (non-hydrogen) atoms. The maximum absolute atomic E-state index is 12.0. The predicted molar refractivity (Wildman–Crippen MR) is 131 cm³/mol. The van der Waals surface area contributed by atoms with Crippen molar-refractivity contribution in [2.24, 2.45) is 0 Å². The Bertz CT molecular complexity index is 1390. The molecule has 2 aromatic heterocycles. The van der Waals surface area contributed by atoms with E-state index in [0.29, 0.717) is 17.3 Å². The maximum atomic E-state index is 12.0. The van der Waals surface area contributed by atoms with Crippen molar-refractivity contribution >= 4 is 34.0 Å². The lowest BCUT2D eigenvalue weighted by Crippen LogP contribution is -2.08. The highest BCUT2D eigenvalue weighted by molar-refractivity contribution is 6.05. The fourth-order valence-electron chi connectivity index (χ4n) is 3.21. The number of aryl methyl sites for hydroxylation is 2. The molecule has 8 nitrogen and oxygen atoms in total. The lowest BCUT2D eigenvalue weighted by Gasteiger charge is -2.13. The average Bonchev–Trinajstić information content (AvgIpc) is 2.83. The first-order valence-electron chi connectivity index (χ1n) is 10.7. The molecule has 0 saturated carbocycles. The standard InChI is InChI=1S/C26H23N5O3/c1-17-13-19(8-11-24(17)34-21-9-6-18(2)27-15-21)31-26-22-14-20(7-10-23(22)28-16-29-26)30-25(33)5-3-4-12-32/h6-11,13-16,32H,4,12H2,1-2H3,(H,30,33)(H,28,29,31). The Morgan fingerprint density at radius 2 is 1.88 bits per heavy atom. The van der Waals surface area contributed by atoms with E-state index in [4.69, 9.17) is 9.84 Å². The van der Waals surface area contributed by atoms with E-state index in [0.717, 1.165) is 33.6 Å². The van der Waals surface area contributed by atoms with Gasteiger partial charge in [0.05, 0.1) is 18.3 Å². The largest absolute Gasteiger partial charge is 0.455 e. The summed E-state index contributed by atoms with van der Waals surface area (Å²) in [7, 11) is 0. The number of rotatable bonds is 6. The van der Waals surface area contributed by atoms with Crippen LogP contribution in [0.15, 0.2) is 61.1 Å². The molecular formula is C26H23N5O3. The van der Waals surface area contributed by atoms with Crippen LogP contribution in [0.1, 0.15) is 17.7 Å². The van der Waals surface area contributed by atoms with Crippen molar-refractivity contribution in [1.29, 1.82) is 0 Å². The van der Waals surface area contributed by atoms with E-state index in [1.165, 1.54) is 6.33 Å². The average molecular weight is 454 g/mol. The molecule has 8 heteroatoms. The second-order valence-electron chi connectivity index (χ2n) is 7.53. The van der Waals surface area contributed by atoms with Crippen molar-refractivity contribution in [3.63, 3.8) is 0 Å². The number of anilines is 3. The smallest absolute Gasteiger partial charge is 0.300 e. The van der Waals surface area contributed by atoms with E-state index >= 15 is 0 Å². The van der Waals surface area contributed by atoms with Gasteiger partial charge in [0, 0.05) is 28.9 Å². The van der Waals surface area contributed by atoms with E-state index < -0.39 is 5.91 Å². The zero-order chi connectivity index (χ0) is 23.9. The number of carbonyl (C=O) groups is 1. The van der Waals surface area contributed by atoms with Crippen molar-refractivity contribution in [2.75, 3.05) is 17.2 Å². The molecule has 4 aromatic rings. The Labute approximate surface area is 197 Å². The van der Waals surface area contributed by atoms with Crippen molar-refractivity contribution in [3.8, 4) is 23.3 Å². The number of nitrogens with one attached hydrogen (secondary N) is 2. The van der Waals surface area contributed by atoms with Gasteiger partial charge in [-0.15, -0.1) is 0 Å². The van der Waals surface area contributed by atoms with Gasteiger partial charge in [-0.3, -0.25) is 9.78 Å². The monoisotopic (exact) mass is 453 g/mol. The molecule has 0 unspecified atom stereocenters. The van der Waals surface area contributed by atoms with Gasteiger partial charge in [-0.1, -0.05) is 5.92 Å². The van der Waals surface area contributed by atoms with Gasteiger partial charge in [0.1, 0.15) is 23.6 Å². The normalized spacial score (nSPS) is 10.3. The molecule has 2 aromatic carbocycles.